The number of aromatic nitrogens is 1. The Morgan fingerprint density at radius 2 is 2.25 bits per heavy atom. The van der Waals surface area contributed by atoms with Crippen LogP contribution in [0.4, 0.5) is 0 Å². The summed E-state index contributed by atoms with van der Waals surface area (Å²) in [6, 6.07) is 6.06. The van der Waals surface area contributed by atoms with Crippen molar-refractivity contribution in [1.82, 2.24) is 10.3 Å². The van der Waals surface area contributed by atoms with Crippen molar-refractivity contribution in [1.29, 1.82) is 0 Å². The van der Waals surface area contributed by atoms with Crippen LogP contribution in [0.15, 0.2) is 29.4 Å². The second-order valence-corrected chi connectivity index (χ2v) is 5.47. The lowest BCUT2D eigenvalue weighted by Gasteiger charge is -2.11. The molecular weight excluding hydrogens is 216 g/mol. The lowest BCUT2D eigenvalue weighted by molar-refractivity contribution is 0.615. The van der Waals surface area contributed by atoms with Crippen molar-refractivity contribution in [2.45, 2.75) is 43.4 Å². The normalized spacial score (nSPS) is 12.6. The Bertz CT molecular complexity index is 264. The minimum absolute atomic E-state index is 0.580. The predicted octanol–water partition coefficient (Wildman–Crippen LogP) is 3.34. The SMILES string of the molecule is CCCCCNCC(C)Sc1ccccn1. The average Bonchev–Trinajstić information content (AvgIpc) is 2.30. The van der Waals surface area contributed by atoms with Gasteiger partial charge in [-0.1, -0.05) is 32.8 Å². The first-order valence-corrected chi connectivity index (χ1v) is 6.99. The topological polar surface area (TPSA) is 24.9 Å². The van der Waals surface area contributed by atoms with E-state index in [2.05, 4.69) is 30.2 Å². The van der Waals surface area contributed by atoms with Crippen LogP contribution in [-0.4, -0.2) is 23.3 Å². The summed E-state index contributed by atoms with van der Waals surface area (Å²) in [5.74, 6) is 0. The van der Waals surface area contributed by atoms with E-state index in [9.17, 15) is 0 Å². The molecule has 0 aliphatic rings. The van der Waals surface area contributed by atoms with Gasteiger partial charge < -0.3 is 5.32 Å². The van der Waals surface area contributed by atoms with Gasteiger partial charge in [0.1, 0.15) is 0 Å². The summed E-state index contributed by atoms with van der Waals surface area (Å²) in [6.07, 6.45) is 5.76. The summed E-state index contributed by atoms with van der Waals surface area (Å²) < 4.78 is 0. The van der Waals surface area contributed by atoms with Gasteiger partial charge in [-0.15, -0.1) is 11.8 Å². The summed E-state index contributed by atoms with van der Waals surface area (Å²) >= 11 is 1.83. The minimum atomic E-state index is 0.580. The maximum absolute atomic E-state index is 4.31. The summed E-state index contributed by atoms with van der Waals surface area (Å²) in [7, 11) is 0. The highest BCUT2D eigenvalue weighted by Crippen LogP contribution is 2.19. The highest BCUT2D eigenvalue weighted by Gasteiger charge is 2.03. The van der Waals surface area contributed by atoms with E-state index in [4.69, 9.17) is 0 Å². The molecule has 1 N–H and O–H groups in total. The van der Waals surface area contributed by atoms with E-state index in [0.717, 1.165) is 18.1 Å². The minimum Gasteiger partial charge on any atom is -0.316 e. The van der Waals surface area contributed by atoms with E-state index < -0.39 is 0 Å². The Hall–Kier alpha value is -0.540. The van der Waals surface area contributed by atoms with Crippen molar-refractivity contribution >= 4 is 11.8 Å². The van der Waals surface area contributed by atoms with Crippen molar-refractivity contribution < 1.29 is 0 Å². The number of nitrogens with zero attached hydrogens (tertiary/aromatic N) is 1. The second kappa shape index (κ2) is 8.59. The zero-order valence-electron chi connectivity index (χ0n) is 10.3. The lowest BCUT2D eigenvalue weighted by Crippen LogP contribution is -2.23. The van der Waals surface area contributed by atoms with Crippen molar-refractivity contribution in [3.63, 3.8) is 0 Å². The molecular formula is C13H22N2S. The molecule has 3 heteroatoms. The summed E-state index contributed by atoms with van der Waals surface area (Å²) in [4.78, 5) is 4.31. The third-order valence-corrected chi connectivity index (χ3v) is 3.40. The van der Waals surface area contributed by atoms with Gasteiger partial charge in [-0.3, -0.25) is 0 Å². The Balaban J connectivity index is 2.09. The number of nitrogens with one attached hydrogen (secondary N) is 1. The molecule has 1 heterocycles. The lowest BCUT2D eigenvalue weighted by atomic mass is 10.2. The van der Waals surface area contributed by atoms with Crippen LogP contribution in [0.25, 0.3) is 0 Å². The molecule has 0 aliphatic heterocycles. The third kappa shape index (κ3) is 6.13. The molecule has 0 amide bonds. The van der Waals surface area contributed by atoms with Crippen molar-refractivity contribution in [2.75, 3.05) is 13.1 Å². The quantitative estimate of drug-likeness (QED) is 0.555. The standard InChI is InChI=1S/C13H22N2S/c1-3-4-6-9-14-11-12(2)16-13-8-5-7-10-15-13/h5,7-8,10,12,14H,3-4,6,9,11H2,1-2H3. The van der Waals surface area contributed by atoms with E-state index in [-0.39, 0.29) is 0 Å². The first-order chi connectivity index (χ1) is 7.83. The van der Waals surface area contributed by atoms with Gasteiger partial charge in [0.2, 0.25) is 0 Å². The molecule has 0 aromatic carbocycles. The van der Waals surface area contributed by atoms with Gasteiger partial charge in [0.25, 0.3) is 0 Å². The highest BCUT2D eigenvalue weighted by atomic mass is 32.2. The monoisotopic (exact) mass is 238 g/mol. The summed E-state index contributed by atoms with van der Waals surface area (Å²) in [5.41, 5.74) is 0. The van der Waals surface area contributed by atoms with E-state index in [1.165, 1.54) is 19.3 Å². The molecule has 0 fully saturated rings. The average molecular weight is 238 g/mol. The van der Waals surface area contributed by atoms with Crippen LogP contribution in [0.2, 0.25) is 0 Å². The number of hydrogen-bond donors (Lipinski definition) is 1. The van der Waals surface area contributed by atoms with Crippen LogP contribution >= 0.6 is 11.8 Å². The predicted molar refractivity (Wildman–Crippen MR) is 72.0 cm³/mol. The van der Waals surface area contributed by atoms with Gasteiger partial charge in [0.15, 0.2) is 0 Å². The Kier molecular flexibility index (Phi) is 7.26. The number of thioether (sulfide) groups is 1. The van der Waals surface area contributed by atoms with Gasteiger partial charge in [-0.25, -0.2) is 4.98 Å². The fourth-order valence-corrected chi connectivity index (χ4v) is 2.36. The van der Waals surface area contributed by atoms with E-state index in [1.54, 1.807) is 0 Å². The van der Waals surface area contributed by atoms with Gasteiger partial charge in [0, 0.05) is 18.0 Å². The van der Waals surface area contributed by atoms with Crippen LogP contribution in [0, 0.1) is 0 Å². The van der Waals surface area contributed by atoms with Gasteiger partial charge in [-0.05, 0) is 25.1 Å². The molecule has 0 aliphatic carbocycles. The molecule has 0 saturated heterocycles. The third-order valence-electron chi connectivity index (χ3n) is 2.35. The van der Waals surface area contributed by atoms with Crippen LogP contribution in [0.5, 0.6) is 0 Å². The van der Waals surface area contributed by atoms with Crippen molar-refractivity contribution in [3.8, 4) is 0 Å². The van der Waals surface area contributed by atoms with Crippen LogP contribution in [0.1, 0.15) is 33.1 Å². The highest BCUT2D eigenvalue weighted by molar-refractivity contribution is 7.99. The van der Waals surface area contributed by atoms with Crippen LogP contribution < -0.4 is 5.32 Å². The molecule has 16 heavy (non-hydrogen) atoms. The maximum atomic E-state index is 4.31. The largest absolute Gasteiger partial charge is 0.316 e. The van der Waals surface area contributed by atoms with Gasteiger partial charge >= 0.3 is 0 Å². The van der Waals surface area contributed by atoms with E-state index in [1.807, 2.05) is 30.1 Å². The molecule has 2 nitrogen and oxygen atoms in total. The van der Waals surface area contributed by atoms with E-state index >= 15 is 0 Å². The summed E-state index contributed by atoms with van der Waals surface area (Å²) in [5, 5.41) is 5.19. The molecule has 1 aromatic rings. The Labute approximate surface area is 103 Å². The zero-order chi connectivity index (χ0) is 11.6. The number of pyridine rings is 1. The molecule has 1 atom stereocenters. The second-order valence-electron chi connectivity index (χ2n) is 4.01. The van der Waals surface area contributed by atoms with Gasteiger partial charge in [-0.2, -0.15) is 0 Å². The molecule has 1 aromatic heterocycles. The maximum Gasteiger partial charge on any atom is 0.0962 e. The van der Waals surface area contributed by atoms with Crippen molar-refractivity contribution in [3.05, 3.63) is 24.4 Å². The smallest absolute Gasteiger partial charge is 0.0962 e. The Morgan fingerprint density at radius 1 is 1.38 bits per heavy atom. The molecule has 1 rings (SSSR count). The van der Waals surface area contributed by atoms with Crippen LogP contribution in [0.3, 0.4) is 0 Å². The first-order valence-electron chi connectivity index (χ1n) is 6.11. The molecule has 0 spiro atoms. The first kappa shape index (κ1) is 13.5. The fourth-order valence-electron chi connectivity index (χ4n) is 1.47. The van der Waals surface area contributed by atoms with Crippen molar-refractivity contribution in [2.24, 2.45) is 0 Å². The molecule has 0 radical (unpaired) electrons. The Morgan fingerprint density at radius 3 is 2.94 bits per heavy atom. The molecule has 90 valence electrons. The van der Waals surface area contributed by atoms with E-state index in [0.29, 0.717) is 5.25 Å². The fraction of sp³-hybridized carbons (Fsp3) is 0.615. The molecule has 1 unspecified atom stereocenters. The molecule has 0 bridgehead atoms. The van der Waals surface area contributed by atoms with Gasteiger partial charge in [0.05, 0.1) is 5.03 Å². The number of unbranched alkanes of at least 4 members (excludes halogenated alkanes) is 2. The molecule has 0 saturated carbocycles. The zero-order valence-corrected chi connectivity index (χ0v) is 11.1. The number of hydrogen-bond acceptors (Lipinski definition) is 3. The summed E-state index contributed by atoms with van der Waals surface area (Å²) in [6.45, 7) is 6.68. The number of rotatable bonds is 8. The van der Waals surface area contributed by atoms with Crippen LogP contribution in [-0.2, 0) is 0 Å².